The molecule has 0 aliphatic rings. The van der Waals surface area contributed by atoms with Gasteiger partial charge in [0.2, 0.25) is 0 Å². The Morgan fingerprint density at radius 1 is 1.53 bits per heavy atom. The highest BCUT2D eigenvalue weighted by molar-refractivity contribution is 6.31. The van der Waals surface area contributed by atoms with E-state index in [-0.39, 0.29) is 12.2 Å². The summed E-state index contributed by atoms with van der Waals surface area (Å²) in [6, 6.07) is 4.65. The molecule has 0 fully saturated rings. The Labute approximate surface area is 115 Å². The first-order valence-corrected chi connectivity index (χ1v) is 6.07. The number of benzene rings is 1. The van der Waals surface area contributed by atoms with E-state index in [1.54, 1.807) is 23.0 Å². The van der Waals surface area contributed by atoms with Crippen molar-refractivity contribution >= 4 is 17.3 Å². The lowest BCUT2D eigenvalue weighted by molar-refractivity contribution is -0.385. The lowest BCUT2D eigenvalue weighted by Gasteiger charge is -2.05. The van der Waals surface area contributed by atoms with E-state index in [9.17, 15) is 10.1 Å². The predicted octanol–water partition coefficient (Wildman–Crippen LogP) is 2.21. The summed E-state index contributed by atoms with van der Waals surface area (Å²) < 4.78 is 1.64. The minimum Gasteiger partial charge on any atom is -0.316 e. The van der Waals surface area contributed by atoms with E-state index in [2.05, 4.69) is 10.4 Å². The molecule has 2 rings (SSSR count). The molecule has 0 saturated heterocycles. The lowest BCUT2D eigenvalue weighted by Crippen LogP contribution is -2.05. The molecule has 0 bridgehead atoms. The van der Waals surface area contributed by atoms with Crippen LogP contribution in [0, 0.1) is 10.1 Å². The molecule has 0 aliphatic carbocycles. The van der Waals surface area contributed by atoms with Gasteiger partial charge in [-0.25, -0.2) is 0 Å². The third kappa shape index (κ3) is 3.10. The van der Waals surface area contributed by atoms with Crippen LogP contribution in [0.25, 0.3) is 0 Å². The summed E-state index contributed by atoms with van der Waals surface area (Å²) in [5.41, 5.74) is 1.49. The largest absolute Gasteiger partial charge is 0.316 e. The van der Waals surface area contributed by atoms with Crippen molar-refractivity contribution in [1.82, 2.24) is 15.1 Å². The zero-order chi connectivity index (χ0) is 13.8. The molecule has 7 heteroatoms. The molecule has 0 spiro atoms. The summed E-state index contributed by atoms with van der Waals surface area (Å²) in [7, 11) is 1.84. The molecule has 0 radical (unpaired) electrons. The number of nitro benzene ring substituents is 1. The molecular formula is C12H13ClN4O2. The Hall–Kier alpha value is -1.92. The van der Waals surface area contributed by atoms with Crippen LogP contribution in [-0.4, -0.2) is 21.8 Å². The number of halogens is 1. The van der Waals surface area contributed by atoms with Crippen molar-refractivity contribution in [3.05, 3.63) is 56.9 Å². The van der Waals surface area contributed by atoms with Crippen molar-refractivity contribution in [1.29, 1.82) is 0 Å². The minimum atomic E-state index is -0.431. The third-order valence-electron chi connectivity index (χ3n) is 2.68. The van der Waals surface area contributed by atoms with Gasteiger partial charge >= 0.3 is 0 Å². The summed E-state index contributed by atoms with van der Waals surface area (Å²) in [6.45, 7) is 0.977. The molecule has 100 valence electrons. The van der Waals surface area contributed by atoms with Crippen LogP contribution in [-0.2, 0) is 13.1 Å². The smallest absolute Gasteiger partial charge is 0.275 e. The number of hydrogen-bond donors (Lipinski definition) is 1. The summed E-state index contributed by atoms with van der Waals surface area (Å²) in [4.78, 5) is 10.5. The first-order valence-electron chi connectivity index (χ1n) is 5.69. The van der Waals surface area contributed by atoms with Crippen LogP contribution in [0.2, 0.25) is 5.02 Å². The molecular weight excluding hydrogens is 268 g/mol. The highest BCUT2D eigenvalue weighted by atomic mass is 35.5. The molecule has 0 amide bonds. The number of rotatable bonds is 5. The average molecular weight is 281 g/mol. The Balaban J connectivity index is 2.29. The number of nitro groups is 1. The van der Waals surface area contributed by atoms with Crippen LogP contribution in [0.4, 0.5) is 5.69 Å². The quantitative estimate of drug-likeness (QED) is 0.673. The fourth-order valence-corrected chi connectivity index (χ4v) is 2.05. The molecule has 1 aromatic carbocycles. The zero-order valence-electron chi connectivity index (χ0n) is 10.3. The van der Waals surface area contributed by atoms with E-state index >= 15 is 0 Å². The van der Waals surface area contributed by atoms with Gasteiger partial charge in [-0.2, -0.15) is 5.10 Å². The van der Waals surface area contributed by atoms with E-state index in [0.29, 0.717) is 17.1 Å². The Morgan fingerprint density at radius 2 is 2.32 bits per heavy atom. The average Bonchev–Trinajstić information content (AvgIpc) is 2.79. The fraction of sp³-hybridized carbons (Fsp3) is 0.250. The lowest BCUT2D eigenvalue weighted by atomic mass is 10.2. The third-order valence-corrected chi connectivity index (χ3v) is 3.03. The SMILES string of the molecule is CNCc1cnn(Cc2c(Cl)cccc2[N+](=O)[O-])c1. The van der Waals surface area contributed by atoms with Crippen molar-refractivity contribution in [2.45, 2.75) is 13.1 Å². The fourth-order valence-electron chi connectivity index (χ4n) is 1.83. The molecule has 0 atom stereocenters. The number of nitrogens with zero attached hydrogens (tertiary/aromatic N) is 3. The molecule has 6 nitrogen and oxygen atoms in total. The van der Waals surface area contributed by atoms with Crippen LogP contribution < -0.4 is 5.32 Å². The maximum absolute atomic E-state index is 11.0. The Morgan fingerprint density at radius 3 is 3.00 bits per heavy atom. The molecule has 0 unspecified atom stereocenters. The topological polar surface area (TPSA) is 73.0 Å². The summed E-state index contributed by atoms with van der Waals surface area (Å²) in [5, 5.41) is 18.5. The number of hydrogen-bond acceptors (Lipinski definition) is 4. The van der Waals surface area contributed by atoms with Gasteiger partial charge < -0.3 is 5.32 Å². The van der Waals surface area contributed by atoms with Crippen molar-refractivity contribution in [2.75, 3.05) is 7.05 Å². The van der Waals surface area contributed by atoms with Crippen LogP contribution >= 0.6 is 11.6 Å². The van der Waals surface area contributed by atoms with Gasteiger partial charge in [-0.05, 0) is 13.1 Å². The molecule has 1 heterocycles. The normalized spacial score (nSPS) is 10.6. The van der Waals surface area contributed by atoms with E-state index in [1.165, 1.54) is 6.07 Å². The maximum Gasteiger partial charge on any atom is 0.275 e. The Bertz CT molecular complexity index is 597. The highest BCUT2D eigenvalue weighted by Gasteiger charge is 2.17. The van der Waals surface area contributed by atoms with Gasteiger partial charge in [-0.1, -0.05) is 17.7 Å². The standard InChI is InChI=1S/C12H13ClN4O2/c1-14-5-9-6-15-16(7-9)8-10-11(13)3-2-4-12(10)17(18)19/h2-4,6-7,14H,5,8H2,1H3. The van der Waals surface area contributed by atoms with Gasteiger partial charge in [-0.15, -0.1) is 0 Å². The monoisotopic (exact) mass is 280 g/mol. The number of aromatic nitrogens is 2. The van der Waals surface area contributed by atoms with E-state index in [4.69, 9.17) is 11.6 Å². The molecule has 1 N–H and O–H groups in total. The second kappa shape index (κ2) is 5.81. The molecule has 19 heavy (non-hydrogen) atoms. The second-order valence-electron chi connectivity index (χ2n) is 4.07. The number of nitrogens with one attached hydrogen (secondary N) is 1. The van der Waals surface area contributed by atoms with Crippen LogP contribution in [0.1, 0.15) is 11.1 Å². The second-order valence-corrected chi connectivity index (χ2v) is 4.48. The molecule has 0 saturated carbocycles. The van der Waals surface area contributed by atoms with Crippen molar-refractivity contribution in [3.63, 3.8) is 0 Å². The van der Waals surface area contributed by atoms with Gasteiger partial charge in [0.05, 0.1) is 28.3 Å². The van der Waals surface area contributed by atoms with Gasteiger partial charge in [-0.3, -0.25) is 14.8 Å². The van der Waals surface area contributed by atoms with Gasteiger partial charge in [0.25, 0.3) is 5.69 Å². The highest BCUT2D eigenvalue weighted by Crippen LogP contribution is 2.26. The zero-order valence-corrected chi connectivity index (χ0v) is 11.1. The molecule has 0 aliphatic heterocycles. The maximum atomic E-state index is 11.0. The first-order chi connectivity index (χ1) is 9.11. The van der Waals surface area contributed by atoms with Crippen molar-refractivity contribution in [3.8, 4) is 0 Å². The summed E-state index contributed by atoms with van der Waals surface area (Å²) in [5.74, 6) is 0. The van der Waals surface area contributed by atoms with E-state index in [1.807, 2.05) is 13.2 Å². The summed E-state index contributed by atoms with van der Waals surface area (Å²) in [6.07, 6.45) is 3.56. The van der Waals surface area contributed by atoms with E-state index < -0.39 is 4.92 Å². The van der Waals surface area contributed by atoms with Crippen molar-refractivity contribution < 1.29 is 4.92 Å². The minimum absolute atomic E-state index is 0.0122. The van der Waals surface area contributed by atoms with Crippen LogP contribution in [0.5, 0.6) is 0 Å². The molecule has 1 aromatic heterocycles. The van der Waals surface area contributed by atoms with E-state index in [0.717, 1.165) is 5.56 Å². The van der Waals surface area contributed by atoms with Crippen LogP contribution in [0.3, 0.4) is 0 Å². The van der Waals surface area contributed by atoms with Gasteiger partial charge in [0.1, 0.15) is 0 Å². The first kappa shape index (κ1) is 13.5. The predicted molar refractivity (Wildman–Crippen MR) is 72.2 cm³/mol. The summed E-state index contributed by atoms with van der Waals surface area (Å²) >= 11 is 6.03. The Kier molecular flexibility index (Phi) is 4.13. The van der Waals surface area contributed by atoms with Crippen LogP contribution in [0.15, 0.2) is 30.6 Å². The van der Waals surface area contributed by atoms with Gasteiger partial charge in [0.15, 0.2) is 0 Å². The van der Waals surface area contributed by atoms with Gasteiger partial charge in [0, 0.05) is 24.4 Å². The molecule has 2 aromatic rings. The van der Waals surface area contributed by atoms with Crippen molar-refractivity contribution in [2.24, 2.45) is 0 Å².